The summed E-state index contributed by atoms with van der Waals surface area (Å²) in [7, 11) is 0. The van der Waals surface area contributed by atoms with Gasteiger partial charge >= 0.3 is 0 Å². The highest BCUT2D eigenvalue weighted by Gasteiger charge is 2.51. The maximum Gasteiger partial charge on any atom is 0.230 e. The van der Waals surface area contributed by atoms with Crippen molar-refractivity contribution in [2.45, 2.75) is 70.6 Å². The Morgan fingerprint density at radius 2 is 1.73 bits per heavy atom. The number of nitrogens with one attached hydrogen (secondary N) is 2. The quantitative estimate of drug-likeness (QED) is 0.761. The molecule has 0 saturated heterocycles. The summed E-state index contributed by atoms with van der Waals surface area (Å²) in [6.07, 6.45) is 8.80. The highest BCUT2D eigenvalue weighted by Crippen LogP contribution is 2.48. The molecule has 0 aromatic heterocycles. The molecule has 4 heteroatoms. The van der Waals surface area contributed by atoms with Crippen molar-refractivity contribution < 1.29 is 9.59 Å². The van der Waals surface area contributed by atoms with Crippen molar-refractivity contribution in [3.05, 3.63) is 29.8 Å². The van der Waals surface area contributed by atoms with Gasteiger partial charge in [0.1, 0.15) is 0 Å². The lowest BCUT2D eigenvalue weighted by Gasteiger charge is -2.23. The van der Waals surface area contributed by atoms with Crippen molar-refractivity contribution in [3.8, 4) is 0 Å². The molecule has 1 aromatic rings. The van der Waals surface area contributed by atoms with Crippen LogP contribution in [0.5, 0.6) is 0 Å². The summed E-state index contributed by atoms with van der Waals surface area (Å²) in [5, 5.41) is 6.14. The highest BCUT2D eigenvalue weighted by molar-refractivity contribution is 5.92. The highest BCUT2D eigenvalue weighted by atomic mass is 16.2. The van der Waals surface area contributed by atoms with E-state index in [-0.39, 0.29) is 17.2 Å². The van der Waals surface area contributed by atoms with Crippen LogP contribution in [-0.4, -0.2) is 18.4 Å². The van der Waals surface area contributed by atoms with E-state index in [1.54, 1.807) is 0 Å². The molecule has 3 rings (SSSR count). The van der Waals surface area contributed by atoms with E-state index in [4.69, 9.17) is 0 Å². The first kappa shape index (κ1) is 18.9. The first-order valence-electron chi connectivity index (χ1n) is 10.2. The molecule has 142 valence electrons. The molecule has 26 heavy (non-hydrogen) atoms. The van der Waals surface area contributed by atoms with E-state index in [2.05, 4.69) is 10.6 Å². The van der Waals surface area contributed by atoms with Gasteiger partial charge in [0.05, 0.1) is 5.41 Å². The Morgan fingerprint density at radius 3 is 2.31 bits per heavy atom. The second-order valence-corrected chi connectivity index (χ2v) is 8.52. The lowest BCUT2D eigenvalue weighted by molar-refractivity contribution is -0.123. The van der Waals surface area contributed by atoms with Crippen LogP contribution in [0.2, 0.25) is 0 Å². The van der Waals surface area contributed by atoms with Gasteiger partial charge in [-0.25, -0.2) is 0 Å². The molecule has 0 heterocycles. The molecule has 0 unspecified atom stereocenters. The van der Waals surface area contributed by atoms with Crippen LogP contribution in [-0.2, 0) is 15.0 Å². The summed E-state index contributed by atoms with van der Waals surface area (Å²) in [5.74, 6) is 1.22. The van der Waals surface area contributed by atoms with E-state index in [0.29, 0.717) is 18.3 Å². The molecule has 0 atom stereocenters. The van der Waals surface area contributed by atoms with Gasteiger partial charge in [-0.05, 0) is 55.2 Å². The molecule has 2 saturated carbocycles. The molecule has 2 fully saturated rings. The van der Waals surface area contributed by atoms with E-state index < -0.39 is 0 Å². The zero-order valence-corrected chi connectivity index (χ0v) is 16.1. The molecular formula is C22H32N2O2. The smallest absolute Gasteiger partial charge is 0.230 e. The lowest BCUT2D eigenvalue weighted by Crippen LogP contribution is -2.38. The van der Waals surface area contributed by atoms with Gasteiger partial charge in [-0.15, -0.1) is 0 Å². The van der Waals surface area contributed by atoms with Gasteiger partial charge < -0.3 is 10.6 Å². The van der Waals surface area contributed by atoms with Crippen molar-refractivity contribution in [1.82, 2.24) is 5.32 Å². The minimum atomic E-state index is -0.338. The molecule has 2 amide bonds. The molecule has 2 aliphatic rings. The number of hydrogen-bond acceptors (Lipinski definition) is 2. The van der Waals surface area contributed by atoms with Gasteiger partial charge in [-0.2, -0.15) is 0 Å². The van der Waals surface area contributed by atoms with Crippen LogP contribution < -0.4 is 10.6 Å². The van der Waals surface area contributed by atoms with Crippen LogP contribution in [0.25, 0.3) is 0 Å². The molecule has 0 spiro atoms. The molecule has 0 radical (unpaired) electrons. The third-order valence-corrected chi connectivity index (χ3v) is 5.78. The van der Waals surface area contributed by atoms with E-state index >= 15 is 0 Å². The van der Waals surface area contributed by atoms with Crippen LogP contribution in [0.4, 0.5) is 5.69 Å². The van der Waals surface area contributed by atoms with E-state index in [9.17, 15) is 9.59 Å². The van der Waals surface area contributed by atoms with Crippen LogP contribution in [0, 0.1) is 11.8 Å². The van der Waals surface area contributed by atoms with Gasteiger partial charge in [0.2, 0.25) is 11.8 Å². The summed E-state index contributed by atoms with van der Waals surface area (Å²) >= 11 is 0. The van der Waals surface area contributed by atoms with Crippen molar-refractivity contribution >= 4 is 17.5 Å². The van der Waals surface area contributed by atoms with E-state index in [1.807, 2.05) is 38.1 Å². The summed E-state index contributed by atoms with van der Waals surface area (Å²) in [4.78, 5) is 24.7. The number of amides is 2. The van der Waals surface area contributed by atoms with Crippen LogP contribution in [0.1, 0.15) is 70.8 Å². The third kappa shape index (κ3) is 4.66. The first-order chi connectivity index (χ1) is 12.5. The summed E-state index contributed by atoms with van der Waals surface area (Å²) < 4.78 is 0. The van der Waals surface area contributed by atoms with Crippen molar-refractivity contribution in [2.75, 3.05) is 11.9 Å². The molecule has 0 bridgehead atoms. The average Bonchev–Trinajstić information content (AvgIpc) is 3.42. The Hall–Kier alpha value is -1.84. The molecule has 1 aromatic carbocycles. The fraction of sp³-hybridized carbons (Fsp3) is 0.636. The Morgan fingerprint density at radius 1 is 1.08 bits per heavy atom. The molecule has 2 aliphatic carbocycles. The Balaban J connectivity index is 1.55. The third-order valence-electron chi connectivity index (χ3n) is 5.78. The SMILES string of the molecule is CC(C)CC(=O)Nc1ccc(C2(C(=O)NCC3CCCCC3)CC2)cc1. The summed E-state index contributed by atoms with van der Waals surface area (Å²) in [6.45, 7) is 4.89. The number of carbonyl (C=O) groups excluding carboxylic acids is 2. The first-order valence-corrected chi connectivity index (χ1v) is 10.2. The lowest BCUT2D eigenvalue weighted by atomic mass is 9.88. The number of rotatable bonds is 7. The number of carbonyl (C=O) groups is 2. The fourth-order valence-electron chi connectivity index (χ4n) is 4.02. The zero-order valence-electron chi connectivity index (χ0n) is 16.1. The van der Waals surface area contributed by atoms with Crippen LogP contribution in [0.3, 0.4) is 0 Å². The average molecular weight is 357 g/mol. The largest absolute Gasteiger partial charge is 0.355 e. The normalized spacial score (nSPS) is 19.2. The van der Waals surface area contributed by atoms with Gasteiger partial charge in [-0.3, -0.25) is 9.59 Å². The van der Waals surface area contributed by atoms with E-state index in [0.717, 1.165) is 30.6 Å². The summed E-state index contributed by atoms with van der Waals surface area (Å²) in [5.41, 5.74) is 1.54. The Labute approximate surface area is 157 Å². The topological polar surface area (TPSA) is 58.2 Å². The molecule has 4 nitrogen and oxygen atoms in total. The monoisotopic (exact) mass is 356 g/mol. The number of benzene rings is 1. The number of hydrogen-bond donors (Lipinski definition) is 2. The second kappa shape index (κ2) is 8.24. The standard InChI is InChI=1S/C22H32N2O2/c1-16(2)14-20(25)24-19-10-8-18(9-11-19)22(12-13-22)21(26)23-15-17-6-4-3-5-7-17/h8-11,16-17H,3-7,12-15H2,1-2H3,(H,23,26)(H,24,25). The van der Waals surface area contributed by atoms with Crippen molar-refractivity contribution in [2.24, 2.45) is 11.8 Å². The molecular weight excluding hydrogens is 324 g/mol. The van der Waals surface area contributed by atoms with Gasteiger partial charge in [0.25, 0.3) is 0 Å². The maximum atomic E-state index is 12.8. The van der Waals surface area contributed by atoms with Crippen molar-refractivity contribution in [1.29, 1.82) is 0 Å². The molecule has 0 aliphatic heterocycles. The zero-order chi connectivity index (χ0) is 18.6. The predicted octanol–water partition coefficient (Wildman–Crippen LogP) is 4.40. The maximum absolute atomic E-state index is 12.8. The summed E-state index contributed by atoms with van der Waals surface area (Å²) in [6, 6.07) is 7.83. The van der Waals surface area contributed by atoms with Gasteiger partial charge in [0, 0.05) is 18.7 Å². The molecule has 2 N–H and O–H groups in total. The van der Waals surface area contributed by atoms with E-state index in [1.165, 1.54) is 32.1 Å². The van der Waals surface area contributed by atoms with Gasteiger partial charge in [0.15, 0.2) is 0 Å². The Bertz CT molecular complexity index is 626. The minimum absolute atomic E-state index is 0.0408. The number of anilines is 1. The van der Waals surface area contributed by atoms with Crippen LogP contribution >= 0.6 is 0 Å². The van der Waals surface area contributed by atoms with Gasteiger partial charge in [-0.1, -0.05) is 45.2 Å². The Kier molecular flexibility index (Phi) is 6.00. The fourth-order valence-corrected chi connectivity index (χ4v) is 4.02. The minimum Gasteiger partial charge on any atom is -0.355 e. The predicted molar refractivity (Wildman–Crippen MR) is 105 cm³/mol. The van der Waals surface area contributed by atoms with Crippen molar-refractivity contribution in [3.63, 3.8) is 0 Å². The second-order valence-electron chi connectivity index (χ2n) is 8.52. The van der Waals surface area contributed by atoms with Crippen LogP contribution in [0.15, 0.2) is 24.3 Å².